The Kier molecular flexibility index (Phi) is 3.76. The van der Waals surface area contributed by atoms with Crippen LogP contribution in [0.25, 0.3) is 0 Å². The first-order valence-corrected chi connectivity index (χ1v) is 10.5. The fourth-order valence-corrected chi connectivity index (χ4v) is 4.76. The average Bonchev–Trinajstić information content (AvgIpc) is 3.13. The molecule has 0 aromatic carbocycles. The number of rotatable bonds is 6. The summed E-state index contributed by atoms with van der Waals surface area (Å²) < 4.78 is 135. The number of nitrogens with zero attached hydrogens (tertiary/aromatic N) is 2. The summed E-state index contributed by atoms with van der Waals surface area (Å²) in [5.41, 5.74) is -5.12. The first-order valence-electron chi connectivity index (χ1n) is 16.5. The molecule has 12 heteroatoms. The van der Waals surface area contributed by atoms with Crippen LogP contribution in [0.1, 0.15) is 63.7 Å². The molecule has 0 radical (unpaired) electrons. The molecule has 1 saturated carbocycles. The number of halogens is 3. The molecular formula is C23H32F3N5O4. The van der Waals surface area contributed by atoms with Gasteiger partial charge in [0, 0.05) is 34.0 Å². The van der Waals surface area contributed by atoms with Gasteiger partial charge in [-0.15, -0.1) is 0 Å². The van der Waals surface area contributed by atoms with E-state index in [4.69, 9.17) is 16.4 Å². The van der Waals surface area contributed by atoms with Crippen molar-refractivity contribution < 1.29 is 48.8 Å². The van der Waals surface area contributed by atoms with E-state index in [1.807, 2.05) is 10.6 Å². The lowest BCUT2D eigenvalue weighted by molar-refractivity contribution is -0.176. The van der Waals surface area contributed by atoms with Gasteiger partial charge in [0.15, 0.2) is 0 Å². The normalized spacial score (nSPS) is 37.4. The number of carbonyl (C=O) groups excluding carboxylic acids is 4. The second kappa shape index (κ2) is 8.99. The number of hydrogen-bond acceptors (Lipinski definition) is 5. The highest BCUT2D eigenvalue weighted by molar-refractivity contribution is 5.95. The summed E-state index contributed by atoms with van der Waals surface area (Å²) in [6.07, 6.45) is -7.07. The maximum atomic E-state index is 14.1. The number of nitrogens with one attached hydrogen (secondary N) is 3. The van der Waals surface area contributed by atoms with Gasteiger partial charge >= 0.3 is 12.1 Å². The van der Waals surface area contributed by atoms with Crippen LogP contribution in [0.2, 0.25) is 0 Å². The van der Waals surface area contributed by atoms with Crippen molar-refractivity contribution >= 4 is 23.6 Å². The molecule has 0 aromatic rings. The Balaban J connectivity index is 2.12. The Hall–Kier alpha value is -2.84. The predicted octanol–water partition coefficient (Wildman–Crippen LogP) is 1.10. The zero-order valence-corrected chi connectivity index (χ0v) is 18.7. The van der Waals surface area contributed by atoms with Crippen molar-refractivity contribution in [2.45, 2.75) is 71.5 Å². The van der Waals surface area contributed by atoms with Crippen LogP contribution in [0.3, 0.4) is 0 Å². The Morgan fingerprint density at radius 3 is 2.51 bits per heavy atom. The zero-order chi connectivity index (χ0) is 36.7. The molecule has 0 bridgehead atoms. The first kappa shape index (κ1) is 14.7. The predicted molar refractivity (Wildman–Crippen MR) is 117 cm³/mol. The molecule has 3 aliphatic rings. The van der Waals surface area contributed by atoms with Crippen LogP contribution in [-0.2, 0) is 19.2 Å². The minimum atomic E-state index is -5.85. The van der Waals surface area contributed by atoms with Crippen LogP contribution in [-0.4, -0.2) is 65.8 Å². The van der Waals surface area contributed by atoms with Gasteiger partial charge in [-0.2, -0.15) is 18.4 Å². The molecular weight excluding hydrogens is 467 g/mol. The van der Waals surface area contributed by atoms with E-state index in [-0.39, 0.29) is 0 Å². The third kappa shape index (κ3) is 5.23. The Morgan fingerprint density at radius 1 is 1.34 bits per heavy atom. The molecule has 2 heterocycles. The minimum Gasteiger partial charge on any atom is -0.356 e. The maximum Gasteiger partial charge on any atom is 0.471 e. The lowest BCUT2D eigenvalue weighted by atomic mass is 9.85. The van der Waals surface area contributed by atoms with Crippen molar-refractivity contribution in [1.29, 1.82) is 5.26 Å². The number of hydrogen-bond donors (Lipinski definition) is 3. The highest BCUT2D eigenvalue weighted by Gasteiger charge is 2.70. The monoisotopic (exact) mass is 511 g/mol. The van der Waals surface area contributed by atoms with Crippen molar-refractivity contribution in [1.82, 2.24) is 20.9 Å². The first-order chi connectivity index (χ1) is 20.8. The summed E-state index contributed by atoms with van der Waals surface area (Å²) in [6, 6.07) is -6.44. The van der Waals surface area contributed by atoms with Gasteiger partial charge < -0.3 is 20.9 Å². The largest absolute Gasteiger partial charge is 0.471 e. The van der Waals surface area contributed by atoms with Gasteiger partial charge in [0.25, 0.3) is 0 Å². The van der Waals surface area contributed by atoms with E-state index in [0.717, 1.165) is 5.32 Å². The van der Waals surface area contributed by atoms with Gasteiger partial charge in [0.05, 0.1) is 7.44 Å². The third-order valence-corrected chi connectivity index (χ3v) is 6.76. The summed E-state index contributed by atoms with van der Waals surface area (Å²) in [5, 5.41) is 14.8. The van der Waals surface area contributed by atoms with Crippen molar-refractivity contribution in [2.24, 2.45) is 28.6 Å². The second-order valence-electron chi connectivity index (χ2n) is 9.45. The topological polar surface area (TPSA) is 131 Å². The fourth-order valence-electron chi connectivity index (χ4n) is 4.76. The van der Waals surface area contributed by atoms with Crippen molar-refractivity contribution in [3.63, 3.8) is 0 Å². The maximum absolute atomic E-state index is 14.1. The molecule has 1 unspecified atom stereocenters. The van der Waals surface area contributed by atoms with Gasteiger partial charge in [-0.1, -0.05) is 34.4 Å². The summed E-state index contributed by atoms with van der Waals surface area (Å²) in [7, 11) is 0. The molecule has 35 heavy (non-hydrogen) atoms. The van der Waals surface area contributed by atoms with E-state index in [9.17, 15) is 37.6 Å². The summed E-state index contributed by atoms with van der Waals surface area (Å²) in [6.45, 7) is -12.3. The lowest BCUT2D eigenvalue weighted by Crippen LogP contribution is -2.61. The fraction of sp³-hybridized carbons (Fsp3) is 0.783. The Bertz CT molecular complexity index is 1340. The van der Waals surface area contributed by atoms with Crippen molar-refractivity contribution in [2.75, 3.05) is 13.0 Å². The van der Waals surface area contributed by atoms with E-state index in [1.165, 1.54) is 6.07 Å². The average molecular weight is 512 g/mol. The van der Waals surface area contributed by atoms with Crippen LogP contribution >= 0.6 is 0 Å². The molecule has 4 amide bonds. The Morgan fingerprint density at radius 2 is 2.00 bits per heavy atom. The molecule has 0 aromatic heterocycles. The number of amides is 4. The van der Waals surface area contributed by atoms with Gasteiger partial charge in [-0.05, 0) is 35.5 Å². The SMILES string of the molecule is [2H]C1([2H])C[C@@H](C[C@@]([2H])(C#N)NC(=O)[C@@H]2[C@@H]3[C@H](CN2C(=O)C(NC(=O)C(F)(F)F)C(C([2H])([2H])[2H])(C([2H])([2H])[2H])C([2H])([2H])[2H])C3(C)C)C(=O)N1. The minimum absolute atomic E-state index is 0.438. The number of alkyl halides is 3. The standard InChI is InChI=1S/C23H32F3N5O4/c1-21(2,3)16(30-20(35)23(24,25)26)19(34)31-10-13-14(22(13,4)5)15(31)18(33)29-12(9-27)8-11-6-7-28-17(11)32/h11-16H,6-8,10H2,1-5H3,(H,28,32)(H,29,33)(H,30,35)/t11-,12-,13-,14-,15-,16?/m0/s1/i1D3,2D3,3D3,7D2,12D. The number of carbonyl (C=O) groups is 4. The zero-order valence-electron chi connectivity index (χ0n) is 30.7. The smallest absolute Gasteiger partial charge is 0.356 e. The van der Waals surface area contributed by atoms with Crippen LogP contribution in [0, 0.1) is 39.9 Å². The quantitative estimate of drug-likeness (QED) is 0.491. The summed E-state index contributed by atoms with van der Waals surface area (Å²) >= 11 is 0. The van der Waals surface area contributed by atoms with E-state index >= 15 is 0 Å². The van der Waals surface area contributed by atoms with Crippen LogP contribution in [0.4, 0.5) is 13.2 Å². The van der Waals surface area contributed by atoms with E-state index in [1.54, 1.807) is 13.8 Å². The third-order valence-electron chi connectivity index (χ3n) is 6.76. The van der Waals surface area contributed by atoms with Gasteiger partial charge in [0.1, 0.15) is 18.1 Å². The van der Waals surface area contributed by atoms with Crippen LogP contribution in [0.15, 0.2) is 0 Å². The van der Waals surface area contributed by atoms with E-state index < -0.39 is 123 Å². The van der Waals surface area contributed by atoms with E-state index in [2.05, 4.69) is 0 Å². The van der Waals surface area contributed by atoms with Crippen molar-refractivity contribution in [3.8, 4) is 6.07 Å². The number of likely N-dealkylation sites (tertiary alicyclic amines) is 1. The number of fused-ring (bicyclic) bond motifs is 1. The van der Waals surface area contributed by atoms with Gasteiger partial charge in [0.2, 0.25) is 17.7 Å². The van der Waals surface area contributed by atoms with Crippen LogP contribution in [0.5, 0.6) is 0 Å². The molecule has 3 N–H and O–H groups in total. The lowest BCUT2D eigenvalue weighted by Gasteiger charge is -2.37. The second-order valence-corrected chi connectivity index (χ2v) is 9.45. The molecule has 3 rings (SSSR count). The van der Waals surface area contributed by atoms with E-state index in [0.29, 0.717) is 4.90 Å². The highest BCUT2D eigenvalue weighted by atomic mass is 19.4. The molecule has 3 fully saturated rings. The number of nitriles is 1. The molecule has 6 atom stereocenters. The number of piperidine rings is 1. The van der Waals surface area contributed by atoms with Gasteiger partial charge in [-0.3, -0.25) is 19.2 Å². The van der Waals surface area contributed by atoms with Crippen LogP contribution < -0.4 is 16.0 Å². The Labute approximate surface area is 219 Å². The molecule has 1 aliphatic carbocycles. The molecule has 0 spiro atoms. The molecule has 194 valence electrons. The molecule has 2 aliphatic heterocycles. The summed E-state index contributed by atoms with van der Waals surface area (Å²) in [5.74, 6) is -9.94. The van der Waals surface area contributed by atoms with Crippen molar-refractivity contribution in [3.05, 3.63) is 0 Å². The molecule has 9 nitrogen and oxygen atoms in total. The highest BCUT2D eigenvalue weighted by Crippen LogP contribution is 2.65. The summed E-state index contributed by atoms with van der Waals surface area (Å²) in [4.78, 5) is 52.6. The van der Waals surface area contributed by atoms with Gasteiger partial charge in [-0.25, -0.2) is 0 Å². The molecule has 2 saturated heterocycles.